The van der Waals surface area contributed by atoms with E-state index >= 15 is 0 Å². The third-order valence-corrected chi connectivity index (χ3v) is 5.65. The van der Waals surface area contributed by atoms with E-state index in [2.05, 4.69) is 11.9 Å². The van der Waals surface area contributed by atoms with Gasteiger partial charge in [-0.1, -0.05) is 18.0 Å². The Balaban J connectivity index is 1.70. The van der Waals surface area contributed by atoms with Crippen molar-refractivity contribution in [3.05, 3.63) is 34.6 Å². The molecular formula is C17H24ClFN2. The van der Waals surface area contributed by atoms with Crippen LogP contribution in [0.15, 0.2) is 18.2 Å². The van der Waals surface area contributed by atoms with E-state index in [9.17, 15) is 4.39 Å². The molecule has 1 aromatic rings. The first-order valence-electron chi connectivity index (χ1n) is 7.93. The van der Waals surface area contributed by atoms with Crippen LogP contribution in [0.4, 0.5) is 4.39 Å². The van der Waals surface area contributed by atoms with Crippen molar-refractivity contribution in [1.82, 2.24) is 4.90 Å². The molecule has 0 aliphatic heterocycles. The Labute approximate surface area is 131 Å². The van der Waals surface area contributed by atoms with Crippen LogP contribution < -0.4 is 5.73 Å². The molecule has 2 aliphatic rings. The van der Waals surface area contributed by atoms with E-state index in [0.29, 0.717) is 11.6 Å². The first-order chi connectivity index (χ1) is 10.1. The predicted molar refractivity (Wildman–Crippen MR) is 84.8 cm³/mol. The highest BCUT2D eigenvalue weighted by Gasteiger charge is 2.40. The second-order valence-electron chi connectivity index (χ2n) is 6.83. The largest absolute Gasteiger partial charge is 0.329 e. The van der Waals surface area contributed by atoms with E-state index in [1.165, 1.54) is 31.7 Å². The maximum absolute atomic E-state index is 13.6. The molecule has 116 valence electrons. The minimum absolute atomic E-state index is 0.0392. The average Bonchev–Trinajstić information content (AvgIpc) is 3.00. The van der Waals surface area contributed by atoms with Crippen LogP contribution in [0.5, 0.6) is 0 Å². The van der Waals surface area contributed by atoms with Crippen molar-refractivity contribution in [3.63, 3.8) is 0 Å². The molecule has 3 rings (SSSR count). The maximum Gasteiger partial charge on any atom is 0.125 e. The number of nitrogens with two attached hydrogens (primary N) is 1. The SMILES string of the molecule is CN(CC1CC2CCC1C2)C(CN)c1cc(F)cc(Cl)c1. The van der Waals surface area contributed by atoms with Crippen molar-refractivity contribution in [2.45, 2.75) is 31.7 Å². The summed E-state index contributed by atoms with van der Waals surface area (Å²) in [6.45, 7) is 1.54. The molecule has 4 unspecified atom stereocenters. The Morgan fingerprint density at radius 3 is 2.71 bits per heavy atom. The summed E-state index contributed by atoms with van der Waals surface area (Å²) < 4.78 is 13.6. The van der Waals surface area contributed by atoms with Gasteiger partial charge in [-0.05, 0) is 67.8 Å². The van der Waals surface area contributed by atoms with Gasteiger partial charge < -0.3 is 5.73 Å². The lowest BCUT2D eigenvalue weighted by Crippen LogP contribution is -2.35. The molecule has 2 nitrogen and oxygen atoms in total. The number of halogens is 2. The molecule has 1 aromatic carbocycles. The molecule has 21 heavy (non-hydrogen) atoms. The third-order valence-electron chi connectivity index (χ3n) is 5.43. The van der Waals surface area contributed by atoms with E-state index in [1.54, 1.807) is 6.07 Å². The highest BCUT2D eigenvalue weighted by atomic mass is 35.5. The molecule has 0 radical (unpaired) electrons. The van der Waals surface area contributed by atoms with E-state index in [-0.39, 0.29) is 11.9 Å². The predicted octanol–water partition coefficient (Wildman–Crippen LogP) is 3.85. The van der Waals surface area contributed by atoms with Crippen molar-refractivity contribution < 1.29 is 4.39 Å². The van der Waals surface area contributed by atoms with E-state index in [0.717, 1.165) is 29.9 Å². The number of nitrogens with zero attached hydrogens (tertiary/aromatic N) is 1. The zero-order valence-electron chi connectivity index (χ0n) is 12.6. The molecule has 2 aliphatic carbocycles. The normalized spacial score (nSPS) is 29.3. The van der Waals surface area contributed by atoms with Gasteiger partial charge in [0.05, 0.1) is 0 Å². The van der Waals surface area contributed by atoms with Gasteiger partial charge in [-0.2, -0.15) is 0 Å². The van der Waals surface area contributed by atoms with Gasteiger partial charge >= 0.3 is 0 Å². The van der Waals surface area contributed by atoms with Crippen LogP contribution in [0, 0.1) is 23.6 Å². The summed E-state index contributed by atoms with van der Waals surface area (Å²) in [6, 6.07) is 4.77. The molecule has 0 saturated heterocycles. The number of fused-ring (bicyclic) bond motifs is 2. The molecule has 2 N–H and O–H groups in total. The first kappa shape index (κ1) is 15.3. The topological polar surface area (TPSA) is 29.3 Å². The Kier molecular flexibility index (Phi) is 4.53. The Morgan fingerprint density at radius 1 is 1.33 bits per heavy atom. The molecule has 4 heteroatoms. The standard InChI is InChI=1S/C17H24ClFN2/c1-21(10-14-5-11-2-3-12(14)4-11)17(9-20)13-6-15(18)8-16(19)7-13/h6-8,11-12,14,17H,2-5,9-10,20H2,1H3. The lowest BCUT2D eigenvalue weighted by molar-refractivity contribution is 0.176. The Bertz CT molecular complexity index is 487. The molecule has 0 heterocycles. The zero-order chi connectivity index (χ0) is 15.0. The summed E-state index contributed by atoms with van der Waals surface area (Å²) in [5.74, 6) is 2.34. The Morgan fingerprint density at radius 2 is 2.14 bits per heavy atom. The van der Waals surface area contributed by atoms with Crippen LogP contribution in [0.25, 0.3) is 0 Å². The van der Waals surface area contributed by atoms with Gasteiger partial charge in [-0.3, -0.25) is 4.90 Å². The maximum atomic E-state index is 13.6. The number of hydrogen-bond acceptors (Lipinski definition) is 2. The second-order valence-corrected chi connectivity index (χ2v) is 7.27. The summed E-state index contributed by atoms with van der Waals surface area (Å²) in [7, 11) is 2.10. The van der Waals surface area contributed by atoms with Crippen LogP contribution in [0.2, 0.25) is 5.02 Å². The highest BCUT2D eigenvalue weighted by molar-refractivity contribution is 6.30. The summed E-state index contributed by atoms with van der Waals surface area (Å²) in [6.07, 6.45) is 5.58. The number of hydrogen-bond donors (Lipinski definition) is 1. The van der Waals surface area contributed by atoms with Crippen LogP contribution in [-0.2, 0) is 0 Å². The van der Waals surface area contributed by atoms with Gasteiger partial charge in [-0.15, -0.1) is 0 Å². The number of benzene rings is 1. The molecule has 0 aromatic heterocycles. The average molecular weight is 311 g/mol. The Hall–Kier alpha value is -0.640. The van der Waals surface area contributed by atoms with Gasteiger partial charge in [0.25, 0.3) is 0 Å². The molecule has 0 spiro atoms. The third kappa shape index (κ3) is 3.25. The smallest absolute Gasteiger partial charge is 0.125 e. The molecule has 2 bridgehead atoms. The van der Waals surface area contributed by atoms with Crippen molar-refractivity contribution >= 4 is 11.6 Å². The molecular weight excluding hydrogens is 287 g/mol. The highest BCUT2D eigenvalue weighted by Crippen LogP contribution is 2.48. The fraction of sp³-hybridized carbons (Fsp3) is 0.647. The van der Waals surface area contributed by atoms with Crippen molar-refractivity contribution in [3.8, 4) is 0 Å². The monoisotopic (exact) mass is 310 g/mol. The fourth-order valence-electron chi connectivity index (χ4n) is 4.44. The van der Waals surface area contributed by atoms with E-state index < -0.39 is 0 Å². The summed E-state index contributed by atoms with van der Waals surface area (Å²) in [4.78, 5) is 2.29. The van der Waals surface area contributed by atoms with Crippen molar-refractivity contribution in [1.29, 1.82) is 0 Å². The van der Waals surface area contributed by atoms with Gasteiger partial charge in [0.1, 0.15) is 5.82 Å². The molecule has 2 fully saturated rings. The number of likely N-dealkylation sites (N-methyl/N-ethyl adjacent to an activating group) is 1. The summed E-state index contributed by atoms with van der Waals surface area (Å²) in [5, 5.41) is 0.441. The summed E-state index contributed by atoms with van der Waals surface area (Å²) >= 11 is 5.98. The van der Waals surface area contributed by atoms with Crippen LogP contribution >= 0.6 is 11.6 Å². The lowest BCUT2D eigenvalue weighted by atomic mass is 9.88. The minimum atomic E-state index is -0.288. The molecule has 4 atom stereocenters. The second kappa shape index (κ2) is 6.23. The van der Waals surface area contributed by atoms with Crippen LogP contribution in [0.1, 0.15) is 37.3 Å². The number of rotatable bonds is 5. The zero-order valence-corrected chi connectivity index (χ0v) is 13.3. The first-order valence-corrected chi connectivity index (χ1v) is 8.31. The van der Waals surface area contributed by atoms with Gasteiger partial charge in [0, 0.05) is 24.2 Å². The fourth-order valence-corrected chi connectivity index (χ4v) is 4.67. The molecule has 0 amide bonds. The van der Waals surface area contributed by atoms with Gasteiger partial charge in [0.15, 0.2) is 0 Å². The van der Waals surface area contributed by atoms with Crippen molar-refractivity contribution in [2.75, 3.05) is 20.1 Å². The van der Waals surface area contributed by atoms with Crippen molar-refractivity contribution in [2.24, 2.45) is 23.5 Å². The molecule has 2 saturated carbocycles. The van der Waals surface area contributed by atoms with E-state index in [4.69, 9.17) is 17.3 Å². The lowest BCUT2D eigenvalue weighted by Gasteiger charge is -2.32. The minimum Gasteiger partial charge on any atom is -0.329 e. The van der Waals surface area contributed by atoms with Gasteiger partial charge in [-0.25, -0.2) is 4.39 Å². The quantitative estimate of drug-likeness (QED) is 0.895. The van der Waals surface area contributed by atoms with E-state index in [1.807, 2.05) is 6.07 Å². The summed E-state index contributed by atoms with van der Waals surface area (Å²) in [5.41, 5.74) is 6.83. The van der Waals surface area contributed by atoms with Crippen LogP contribution in [0.3, 0.4) is 0 Å². The van der Waals surface area contributed by atoms with Gasteiger partial charge in [0.2, 0.25) is 0 Å². The van der Waals surface area contributed by atoms with Crippen LogP contribution in [-0.4, -0.2) is 25.0 Å².